The Morgan fingerprint density at radius 1 is 1.22 bits per heavy atom. The summed E-state index contributed by atoms with van der Waals surface area (Å²) in [6, 6.07) is 0. The highest BCUT2D eigenvalue weighted by molar-refractivity contribution is 6.00. The van der Waals surface area contributed by atoms with Crippen molar-refractivity contribution < 1.29 is 27.9 Å². The molecule has 0 atom stereocenters. The number of hydrogen-bond acceptors (Lipinski definition) is 4. The van der Waals surface area contributed by atoms with Crippen molar-refractivity contribution in [2.45, 2.75) is 32.5 Å². The van der Waals surface area contributed by atoms with Gasteiger partial charge in [-0.2, -0.15) is 13.2 Å². The van der Waals surface area contributed by atoms with E-state index in [1.807, 2.05) is 20.8 Å². The van der Waals surface area contributed by atoms with E-state index in [1.54, 1.807) is 12.4 Å². The first-order valence-electron chi connectivity index (χ1n) is 6.32. The summed E-state index contributed by atoms with van der Waals surface area (Å²) in [6.45, 7) is 5.81. The molecule has 2 aliphatic rings. The van der Waals surface area contributed by atoms with Crippen LogP contribution in [-0.4, -0.2) is 43.7 Å². The second kappa shape index (κ2) is 6.63. The Labute approximate surface area is 129 Å². The molecule has 10 heteroatoms. The van der Waals surface area contributed by atoms with Crippen molar-refractivity contribution in [2.24, 2.45) is 0 Å². The molecule has 0 unspecified atom stereocenters. The minimum Gasteiger partial charge on any atom is -0.475 e. The Hall–Kier alpha value is -2.65. The zero-order valence-electron chi connectivity index (χ0n) is 12.5. The monoisotopic (exact) mass is 332 g/mol. The molecule has 0 saturated heterocycles. The topological polar surface area (TPSA) is 108 Å². The normalized spacial score (nSPS) is 11.6. The van der Waals surface area contributed by atoms with Gasteiger partial charge in [0.15, 0.2) is 5.82 Å². The first-order chi connectivity index (χ1) is 10.4. The third-order valence-electron chi connectivity index (χ3n) is 2.28. The summed E-state index contributed by atoms with van der Waals surface area (Å²) >= 11 is 0. The Bertz CT molecular complexity index is 661. The molecular weight excluding hydrogens is 317 g/mol. The van der Waals surface area contributed by atoms with Crippen LogP contribution in [0.2, 0.25) is 0 Å². The molecule has 1 amide bonds. The number of carboxylic acid groups (broad SMARTS) is 1. The summed E-state index contributed by atoms with van der Waals surface area (Å²) in [5.41, 5.74) is 0.936. The predicted molar refractivity (Wildman–Crippen MR) is 73.9 cm³/mol. The van der Waals surface area contributed by atoms with Gasteiger partial charge in [0.05, 0.1) is 11.3 Å². The predicted octanol–water partition coefficient (Wildman–Crippen LogP) is 2.07. The molecule has 0 aromatic heterocycles. The second-order valence-corrected chi connectivity index (χ2v) is 5.47. The van der Waals surface area contributed by atoms with E-state index in [4.69, 9.17) is 9.90 Å². The fraction of sp³-hybridized carbons (Fsp3) is 0.385. The average molecular weight is 332 g/mol. The smallest absolute Gasteiger partial charge is 0.475 e. The number of hydrogen-bond donors (Lipinski definition) is 3. The maximum Gasteiger partial charge on any atom is 0.490 e. The van der Waals surface area contributed by atoms with Crippen molar-refractivity contribution >= 4 is 11.9 Å². The Morgan fingerprint density at radius 2 is 1.78 bits per heavy atom. The van der Waals surface area contributed by atoms with Crippen molar-refractivity contribution in [3.8, 4) is 11.5 Å². The lowest BCUT2D eigenvalue weighted by molar-refractivity contribution is -0.192. The van der Waals surface area contributed by atoms with Gasteiger partial charge in [0.1, 0.15) is 0 Å². The number of carboxylic acids is 1. The largest absolute Gasteiger partial charge is 0.490 e. The van der Waals surface area contributed by atoms with Crippen LogP contribution in [0, 0.1) is 0 Å². The van der Waals surface area contributed by atoms with Gasteiger partial charge in [0.25, 0.3) is 5.91 Å². The van der Waals surface area contributed by atoms with Crippen molar-refractivity contribution in [1.82, 2.24) is 20.3 Å². The molecule has 0 fully saturated rings. The molecule has 0 aromatic carbocycles. The van der Waals surface area contributed by atoms with E-state index >= 15 is 0 Å². The van der Waals surface area contributed by atoms with E-state index < -0.39 is 12.1 Å². The fourth-order valence-corrected chi connectivity index (χ4v) is 1.42. The summed E-state index contributed by atoms with van der Waals surface area (Å²) in [5.74, 6) is -2.34. The number of amides is 1. The Morgan fingerprint density at radius 3 is 2.26 bits per heavy atom. The molecule has 126 valence electrons. The number of carbonyl (C=O) groups is 2. The third kappa shape index (κ3) is 5.57. The molecule has 7 nitrogen and oxygen atoms in total. The highest BCUT2D eigenvalue weighted by atomic mass is 19.4. The van der Waals surface area contributed by atoms with Crippen molar-refractivity contribution in [2.75, 3.05) is 0 Å². The maximum absolute atomic E-state index is 11.9. The number of aliphatic carboxylic acids is 1. The lowest BCUT2D eigenvalue weighted by Crippen LogP contribution is -2.40. The van der Waals surface area contributed by atoms with Gasteiger partial charge in [-0.25, -0.2) is 14.8 Å². The third-order valence-corrected chi connectivity index (χ3v) is 2.28. The molecule has 2 aliphatic heterocycles. The molecule has 0 aromatic rings. The molecule has 2 heterocycles. The number of nitrogens with one attached hydrogen (secondary N) is 2. The van der Waals surface area contributed by atoms with E-state index in [9.17, 15) is 18.0 Å². The first-order valence-corrected chi connectivity index (χ1v) is 6.32. The first kappa shape index (κ1) is 18.4. The second-order valence-electron chi connectivity index (χ2n) is 5.47. The Kier molecular flexibility index (Phi) is 5.30. The van der Waals surface area contributed by atoms with Crippen LogP contribution in [0.5, 0.6) is 0 Å². The van der Waals surface area contributed by atoms with Gasteiger partial charge in [0, 0.05) is 24.1 Å². The van der Waals surface area contributed by atoms with Gasteiger partial charge in [-0.3, -0.25) is 4.79 Å². The number of alkyl halides is 3. The number of aromatic nitrogens is 3. The minimum atomic E-state index is -5.08. The van der Waals surface area contributed by atoms with Gasteiger partial charge in [-0.15, -0.1) is 0 Å². The molecule has 3 N–H and O–H groups in total. The van der Waals surface area contributed by atoms with Crippen LogP contribution >= 0.6 is 0 Å². The molecule has 23 heavy (non-hydrogen) atoms. The molecule has 0 spiro atoms. The molecule has 2 rings (SSSR count). The number of H-pyrrole nitrogens is 1. The van der Waals surface area contributed by atoms with Crippen LogP contribution in [0.25, 0.3) is 11.5 Å². The zero-order valence-corrected chi connectivity index (χ0v) is 12.5. The number of aromatic amines is 1. The SMILES string of the molecule is CC(C)(C)NC(=O)c1cnc2ncc[nH]c1-2.O=C(O)C(F)(F)F. The summed E-state index contributed by atoms with van der Waals surface area (Å²) in [4.78, 5) is 31.9. The lowest BCUT2D eigenvalue weighted by Gasteiger charge is -2.20. The van der Waals surface area contributed by atoms with E-state index in [-0.39, 0.29) is 11.4 Å². The van der Waals surface area contributed by atoms with Gasteiger partial charge in [-0.1, -0.05) is 0 Å². The number of fused-ring (bicyclic) bond motifs is 1. The van der Waals surface area contributed by atoms with Gasteiger partial charge in [-0.05, 0) is 20.8 Å². The zero-order chi connectivity index (χ0) is 17.8. The summed E-state index contributed by atoms with van der Waals surface area (Å²) < 4.78 is 31.7. The molecule has 0 aliphatic carbocycles. The van der Waals surface area contributed by atoms with E-state index in [0.717, 1.165) is 0 Å². The number of carbonyl (C=O) groups excluding carboxylic acids is 1. The van der Waals surface area contributed by atoms with E-state index in [0.29, 0.717) is 17.1 Å². The van der Waals surface area contributed by atoms with Crippen molar-refractivity contribution in [3.63, 3.8) is 0 Å². The van der Waals surface area contributed by atoms with E-state index in [1.165, 1.54) is 6.20 Å². The summed E-state index contributed by atoms with van der Waals surface area (Å²) in [6.07, 6.45) is -0.256. The summed E-state index contributed by atoms with van der Waals surface area (Å²) in [5, 5.41) is 10.0. The van der Waals surface area contributed by atoms with Gasteiger partial charge in [0.2, 0.25) is 0 Å². The van der Waals surface area contributed by atoms with Gasteiger partial charge < -0.3 is 15.4 Å². The number of halogens is 3. The van der Waals surface area contributed by atoms with Crippen LogP contribution < -0.4 is 5.32 Å². The van der Waals surface area contributed by atoms with Crippen LogP contribution in [0.1, 0.15) is 31.1 Å². The summed E-state index contributed by atoms with van der Waals surface area (Å²) in [7, 11) is 0. The van der Waals surface area contributed by atoms with Crippen molar-refractivity contribution in [3.05, 3.63) is 24.2 Å². The van der Waals surface area contributed by atoms with Crippen LogP contribution in [0.4, 0.5) is 13.2 Å². The molecular formula is C13H15F3N4O3. The highest BCUT2D eigenvalue weighted by Crippen LogP contribution is 2.20. The fourth-order valence-electron chi connectivity index (χ4n) is 1.42. The van der Waals surface area contributed by atoms with Crippen LogP contribution in [0.15, 0.2) is 18.6 Å². The van der Waals surface area contributed by atoms with Gasteiger partial charge >= 0.3 is 12.1 Å². The lowest BCUT2D eigenvalue weighted by atomic mass is 10.1. The average Bonchev–Trinajstić information content (AvgIpc) is 2.80. The van der Waals surface area contributed by atoms with Crippen LogP contribution in [0.3, 0.4) is 0 Å². The quantitative estimate of drug-likeness (QED) is 0.741. The van der Waals surface area contributed by atoms with E-state index in [2.05, 4.69) is 20.3 Å². The highest BCUT2D eigenvalue weighted by Gasteiger charge is 2.38. The molecule has 0 bridgehead atoms. The number of nitrogens with zero attached hydrogens (tertiary/aromatic N) is 2. The Balaban J connectivity index is 0.000000322. The van der Waals surface area contributed by atoms with Crippen molar-refractivity contribution in [1.29, 1.82) is 0 Å². The maximum atomic E-state index is 11.9. The molecule has 0 radical (unpaired) electrons. The number of rotatable bonds is 1. The van der Waals surface area contributed by atoms with Crippen LogP contribution in [-0.2, 0) is 4.79 Å². The standard InChI is InChI=1S/C11H14N4O.C2HF3O2/c1-11(2,3)15-10(16)7-6-14-9-8(7)12-4-5-13-9;3-2(4,5)1(6)7/h4-6,12H,1-3H3,(H,15,16);(H,6,7). The molecule has 0 saturated carbocycles. The minimum absolute atomic E-state index is 0.140.